The summed E-state index contributed by atoms with van der Waals surface area (Å²) in [5.41, 5.74) is -0.185. The van der Waals surface area contributed by atoms with E-state index in [1.165, 1.54) is 0 Å². The summed E-state index contributed by atoms with van der Waals surface area (Å²) in [7, 11) is 0. The van der Waals surface area contributed by atoms with E-state index in [4.69, 9.17) is 4.74 Å². The van der Waals surface area contributed by atoms with Crippen LogP contribution in [0.15, 0.2) is 55.6 Å². The summed E-state index contributed by atoms with van der Waals surface area (Å²) < 4.78 is 6.70. The van der Waals surface area contributed by atoms with Crippen LogP contribution in [0.1, 0.15) is 51.5 Å². The van der Waals surface area contributed by atoms with E-state index in [1.807, 2.05) is 37.3 Å². The van der Waals surface area contributed by atoms with Crippen molar-refractivity contribution in [2.45, 2.75) is 81.1 Å². The van der Waals surface area contributed by atoms with Gasteiger partial charge < -0.3 is 24.5 Å². The highest BCUT2D eigenvalue weighted by molar-refractivity contribution is 9.09. The summed E-state index contributed by atoms with van der Waals surface area (Å²) in [5, 5.41) is 10.3. The van der Waals surface area contributed by atoms with Crippen LogP contribution in [0, 0.1) is 11.8 Å². The van der Waals surface area contributed by atoms with Gasteiger partial charge in [-0.25, -0.2) is 0 Å². The largest absolute Gasteiger partial charge is 0.394 e. The number of likely N-dealkylation sites (tertiary alicyclic amines) is 1. The van der Waals surface area contributed by atoms with Gasteiger partial charge in [0.25, 0.3) is 0 Å². The molecule has 9 heteroatoms. The summed E-state index contributed by atoms with van der Waals surface area (Å²) in [4.78, 5) is 47.9. The Bertz CT molecular complexity index is 1110. The molecule has 8 nitrogen and oxygen atoms in total. The van der Waals surface area contributed by atoms with Crippen LogP contribution < -0.4 is 0 Å². The molecule has 41 heavy (non-hydrogen) atoms. The number of carbonyl (C=O) groups is 3. The molecule has 1 N–H and O–H groups in total. The predicted octanol–water partition coefficient (Wildman–Crippen LogP) is 3.92. The number of fused-ring (bicyclic) bond motifs is 1. The lowest BCUT2D eigenvalue weighted by Gasteiger charge is -2.39. The van der Waals surface area contributed by atoms with Crippen LogP contribution in [0.3, 0.4) is 0 Å². The molecular weight excluding hydrogens is 586 g/mol. The minimum atomic E-state index is -1.16. The Morgan fingerprint density at radius 3 is 2.44 bits per heavy atom. The second kappa shape index (κ2) is 13.7. The number of rotatable bonds is 15. The summed E-state index contributed by atoms with van der Waals surface area (Å²) >= 11 is 3.76. The number of halogens is 1. The maximum Gasteiger partial charge on any atom is 0.248 e. The van der Waals surface area contributed by atoms with Crippen LogP contribution in [-0.4, -0.2) is 92.4 Å². The number of nitrogens with zero attached hydrogens (tertiary/aromatic N) is 3. The Hall–Kier alpha value is -2.49. The zero-order valence-corrected chi connectivity index (χ0v) is 25.9. The lowest BCUT2D eigenvalue weighted by Crippen LogP contribution is -2.59. The van der Waals surface area contributed by atoms with Crippen molar-refractivity contribution in [3.63, 3.8) is 0 Å². The monoisotopic (exact) mass is 629 g/mol. The molecular formula is C32H44BrN3O5. The zero-order chi connectivity index (χ0) is 29.7. The van der Waals surface area contributed by atoms with Crippen LogP contribution in [0.5, 0.6) is 0 Å². The number of ether oxygens (including phenoxy) is 1. The fraction of sp³-hybridized carbons (Fsp3) is 0.594. The van der Waals surface area contributed by atoms with E-state index in [-0.39, 0.29) is 29.2 Å². The maximum absolute atomic E-state index is 14.4. The van der Waals surface area contributed by atoms with Crippen molar-refractivity contribution in [3.8, 4) is 0 Å². The van der Waals surface area contributed by atoms with E-state index in [0.29, 0.717) is 39.0 Å². The first-order valence-electron chi connectivity index (χ1n) is 14.9. The molecule has 224 valence electrons. The fourth-order valence-corrected chi connectivity index (χ4v) is 7.95. The molecule has 3 unspecified atom stereocenters. The van der Waals surface area contributed by atoms with Gasteiger partial charge in [-0.1, -0.05) is 85.1 Å². The SMILES string of the molecule is C=CCN(CCCCC)C(=O)C1N([C@@H](CC)CO)C(=O)[C@@H]2[C@H](C(=O)N(CC=C)Cc3ccccc3)[C@H]3OC12CC3Br. The Morgan fingerprint density at radius 2 is 1.83 bits per heavy atom. The van der Waals surface area contributed by atoms with Gasteiger partial charge in [-0.15, -0.1) is 13.2 Å². The number of hydrogen-bond donors (Lipinski definition) is 1. The number of aliphatic hydroxyl groups excluding tert-OH is 1. The van der Waals surface area contributed by atoms with Gasteiger partial charge >= 0.3 is 0 Å². The average Bonchev–Trinajstić information content (AvgIpc) is 3.56. The van der Waals surface area contributed by atoms with Gasteiger partial charge in [0.05, 0.1) is 30.6 Å². The highest BCUT2D eigenvalue weighted by Gasteiger charge is 2.77. The molecule has 1 spiro atoms. The highest BCUT2D eigenvalue weighted by Crippen LogP contribution is 2.61. The zero-order valence-electron chi connectivity index (χ0n) is 24.3. The number of carbonyl (C=O) groups excluding carboxylic acids is 3. The Kier molecular flexibility index (Phi) is 10.5. The molecule has 1 aromatic rings. The highest BCUT2D eigenvalue weighted by atomic mass is 79.9. The molecule has 3 aliphatic rings. The molecule has 3 amide bonds. The van der Waals surface area contributed by atoms with Crippen LogP contribution in [0.2, 0.25) is 0 Å². The first-order valence-corrected chi connectivity index (χ1v) is 15.8. The molecule has 3 aliphatic heterocycles. The van der Waals surface area contributed by atoms with Gasteiger partial charge in [0, 0.05) is 31.0 Å². The molecule has 1 aromatic carbocycles. The smallest absolute Gasteiger partial charge is 0.248 e. The maximum atomic E-state index is 14.4. The third-order valence-electron chi connectivity index (χ3n) is 8.89. The minimum absolute atomic E-state index is 0.181. The molecule has 3 heterocycles. The Morgan fingerprint density at radius 1 is 1.15 bits per heavy atom. The van der Waals surface area contributed by atoms with Gasteiger partial charge in [0.15, 0.2) is 0 Å². The molecule has 0 aliphatic carbocycles. The van der Waals surface area contributed by atoms with E-state index in [9.17, 15) is 19.5 Å². The number of benzene rings is 1. The lowest BCUT2D eigenvalue weighted by molar-refractivity contribution is -0.152. The van der Waals surface area contributed by atoms with Crippen LogP contribution in [-0.2, 0) is 25.7 Å². The number of hydrogen-bond acceptors (Lipinski definition) is 5. The lowest BCUT2D eigenvalue weighted by atomic mass is 9.70. The van der Waals surface area contributed by atoms with E-state index >= 15 is 0 Å². The van der Waals surface area contributed by atoms with E-state index < -0.39 is 35.6 Å². The molecule has 3 saturated heterocycles. The van der Waals surface area contributed by atoms with Crippen molar-refractivity contribution in [1.29, 1.82) is 0 Å². The summed E-state index contributed by atoms with van der Waals surface area (Å²) in [5.74, 6) is -2.24. The van der Waals surface area contributed by atoms with Crippen molar-refractivity contribution in [2.75, 3.05) is 26.2 Å². The molecule has 4 rings (SSSR count). The molecule has 0 saturated carbocycles. The van der Waals surface area contributed by atoms with Crippen molar-refractivity contribution in [3.05, 3.63) is 61.2 Å². The van der Waals surface area contributed by atoms with Crippen molar-refractivity contribution < 1.29 is 24.2 Å². The Balaban J connectivity index is 1.74. The summed E-state index contributed by atoms with van der Waals surface area (Å²) in [6.45, 7) is 13.0. The number of amides is 3. The summed E-state index contributed by atoms with van der Waals surface area (Å²) in [6, 6.07) is 8.23. The van der Waals surface area contributed by atoms with Crippen LogP contribution >= 0.6 is 15.9 Å². The van der Waals surface area contributed by atoms with Crippen molar-refractivity contribution in [2.24, 2.45) is 11.8 Å². The molecule has 0 aromatic heterocycles. The third-order valence-corrected chi connectivity index (χ3v) is 9.74. The third kappa shape index (κ3) is 5.77. The minimum Gasteiger partial charge on any atom is -0.394 e. The predicted molar refractivity (Wildman–Crippen MR) is 162 cm³/mol. The standard InChI is InChI=1S/C32H44BrN3O5/c1-5-9-13-18-34(16-6-2)31(40)28-32-19-24(33)27(41-32)25(26(32)30(39)36(28)23(8-4)21-37)29(38)35(17-7-3)20-22-14-11-10-12-15-22/h6-7,10-12,14-15,23-28,37H,2-3,5,8-9,13,16-21H2,1,4H3/t23-,24?,25-,26-,27-,28?,32?/m0/s1. The normalized spacial score (nSPS) is 28.8. The fourth-order valence-electron chi connectivity index (χ4n) is 7.01. The Labute approximate surface area is 252 Å². The van der Waals surface area contributed by atoms with Gasteiger partial charge in [-0.3, -0.25) is 14.4 Å². The first kappa shape index (κ1) is 31.4. The molecule has 0 radical (unpaired) electrons. The number of alkyl halides is 1. The van der Waals surface area contributed by atoms with Gasteiger partial charge in [0.2, 0.25) is 17.7 Å². The summed E-state index contributed by atoms with van der Waals surface area (Å²) in [6.07, 6.45) is 6.59. The van der Waals surface area contributed by atoms with E-state index in [1.54, 1.807) is 26.9 Å². The van der Waals surface area contributed by atoms with E-state index in [0.717, 1.165) is 24.8 Å². The quantitative estimate of drug-likeness (QED) is 0.180. The van der Waals surface area contributed by atoms with Crippen molar-refractivity contribution in [1.82, 2.24) is 14.7 Å². The molecule has 7 atom stereocenters. The average molecular weight is 631 g/mol. The van der Waals surface area contributed by atoms with Gasteiger partial charge in [0.1, 0.15) is 11.6 Å². The number of aliphatic hydroxyl groups is 1. The van der Waals surface area contributed by atoms with E-state index in [2.05, 4.69) is 36.0 Å². The first-order chi connectivity index (χ1) is 19.8. The number of unbranched alkanes of at least 4 members (excludes halogenated alkanes) is 2. The van der Waals surface area contributed by atoms with Gasteiger partial charge in [-0.05, 0) is 24.8 Å². The second-order valence-electron chi connectivity index (χ2n) is 11.4. The molecule has 3 fully saturated rings. The topological polar surface area (TPSA) is 90.4 Å². The van der Waals surface area contributed by atoms with Crippen LogP contribution in [0.4, 0.5) is 0 Å². The second-order valence-corrected chi connectivity index (χ2v) is 12.6. The van der Waals surface area contributed by atoms with Gasteiger partial charge in [-0.2, -0.15) is 0 Å². The van der Waals surface area contributed by atoms with Crippen molar-refractivity contribution >= 4 is 33.7 Å². The van der Waals surface area contributed by atoms with Crippen LogP contribution in [0.25, 0.3) is 0 Å². The molecule has 2 bridgehead atoms.